The Morgan fingerprint density at radius 3 is 1.59 bits per heavy atom. The molecule has 0 aliphatic heterocycles. The Labute approximate surface area is 506 Å². The van der Waals surface area contributed by atoms with E-state index in [2.05, 4.69) is 169 Å². The number of thiophene rings is 2. The monoisotopic (exact) mass is 1170 g/mol. The van der Waals surface area contributed by atoms with E-state index >= 15 is 0 Å². The van der Waals surface area contributed by atoms with Crippen LogP contribution in [0, 0.1) is 6.08 Å². The molecule has 1 N–H and O–H groups in total. The van der Waals surface area contributed by atoms with Gasteiger partial charge in [0.05, 0.1) is 32.0 Å². The highest BCUT2D eigenvalue weighted by atomic mass is 35.5. The van der Waals surface area contributed by atoms with Crippen LogP contribution in [0.4, 0.5) is 0 Å². The molecule has 19 aromatic rings. The zero-order valence-corrected chi connectivity index (χ0v) is 48.0. The predicted molar refractivity (Wildman–Crippen MR) is 360 cm³/mol. The largest absolute Gasteiger partial charge is 0.452 e. The summed E-state index contributed by atoms with van der Waals surface area (Å²) >= 11 is 9.76. The van der Waals surface area contributed by atoms with E-state index in [1.165, 1.54) is 89.1 Å². The molecule has 20 rings (SSSR count). The lowest BCUT2D eigenvalue weighted by Crippen LogP contribution is -2.03. The highest BCUT2D eigenvalue weighted by molar-refractivity contribution is 7.27. The van der Waals surface area contributed by atoms with Gasteiger partial charge in [-0.1, -0.05) is 127 Å². The molecule has 0 fully saturated rings. The van der Waals surface area contributed by atoms with Crippen LogP contribution in [0.2, 0.25) is 5.28 Å². The molecule has 87 heavy (non-hydrogen) atoms. The van der Waals surface area contributed by atoms with Crippen molar-refractivity contribution < 1.29 is 8.83 Å². The minimum atomic E-state index is 0.197. The third-order valence-corrected chi connectivity index (χ3v) is 19.1. The molecule has 0 amide bonds. The number of aromatic amines is 1. The van der Waals surface area contributed by atoms with Gasteiger partial charge in [0.2, 0.25) is 11.2 Å². The number of aromatic nitrogens is 8. The first-order valence-corrected chi connectivity index (χ1v) is 30.3. The fraction of sp³-hybridized carbons (Fsp3) is 0. The number of pyridine rings is 2. The van der Waals surface area contributed by atoms with Crippen LogP contribution in [0.5, 0.6) is 0 Å². The standard InChI is InChI=1S/C37H20N4OS.C22H12NS.C15H8ClN3O/c1-2-12-23-22(11-1)30-24-13-3-6-16-27(24)41(34(30)36-31(23)26-15-5-8-18-29(26)43-36)37-39-32(21-10-9-19-38-20-21)35-33(40-37)25-14-4-7-17-28(25)42-35;1-2-8-14-13(7-1)19-15-9-3-5-11-17(15)23-21(19)22-20(14)16-10-4-6-12-18(16)24-22;16-15-18-12(9-4-3-7-17-8-9)14-13(19-15)10-5-1-2-6-11(10)20-14/h1-20H;1-4,6-12,23H;1-8H/q;+1;. The summed E-state index contributed by atoms with van der Waals surface area (Å²) in [5.74, 6) is 0.609. The van der Waals surface area contributed by atoms with Gasteiger partial charge in [-0.2, -0.15) is 0 Å². The number of para-hydroxylation sites is 3. The molecule has 0 spiro atoms. The van der Waals surface area contributed by atoms with Crippen molar-refractivity contribution in [2.45, 2.75) is 0 Å². The lowest BCUT2D eigenvalue weighted by atomic mass is 9.97. The summed E-state index contributed by atoms with van der Waals surface area (Å²) in [5, 5.41) is 16.2. The molecule has 0 bridgehead atoms. The first-order valence-electron chi connectivity index (χ1n) is 28.3. The zero-order chi connectivity index (χ0) is 57.3. The summed E-state index contributed by atoms with van der Waals surface area (Å²) in [6, 6.07) is 67.0. The average molecular weight is 1170 g/mol. The van der Waals surface area contributed by atoms with E-state index in [0.29, 0.717) is 22.8 Å². The van der Waals surface area contributed by atoms with Crippen molar-refractivity contribution in [2.75, 3.05) is 0 Å². The molecule has 0 saturated heterocycles. The molecule has 1 aliphatic carbocycles. The summed E-state index contributed by atoms with van der Waals surface area (Å²) in [6.45, 7) is 0. The van der Waals surface area contributed by atoms with Crippen LogP contribution in [0.1, 0.15) is 11.3 Å². The number of hydrogen-bond donors (Lipinski definition) is 1. The van der Waals surface area contributed by atoms with Crippen LogP contribution in [0.25, 0.3) is 179 Å². The van der Waals surface area contributed by atoms with E-state index in [1.807, 2.05) is 108 Å². The highest BCUT2D eigenvalue weighted by Crippen LogP contribution is 2.49. The van der Waals surface area contributed by atoms with Crippen molar-refractivity contribution >= 4 is 185 Å². The minimum absolute atomic E-state index is 0.197. The van der Waals surface area contributed by atoms with Gasteiger partial charge in [0.25, 0.3) is 0 Å². The fourth-order valence-electron chi connectivity index (χ4n) is 12.9. The number of rotatable bonds is 3. The molecular formula is C74H40ClN8O2S2+. The van der Waals surface area contributed by atoms with E-state index in [0.717, 1.165) is 66.5 Å². The van der Waals surface area contributed by atoms with Gasteiger partial charge >= 0.3 is 0 Å². The molecule has 10 heterocycles. The van der Waals surface area contributed by atoms with Crippen molar-refractivity contribution in [3.05, 3.63) is 248 Å². The van der Waals surface area contributed by atoms with E-state index in [4.69, 9.17) is 30.4 Å². The first-order chi connectivity index (χ1) is 43.1. The van der Waals surface area contributed by atoms with Crippen LogP contribution in [-0.4, -0.2) is 39.5 Å². The molecule has 13 heteroatoms. The van der Waals surface area contributed by atoms with E-state index in [9.17, 15) is 0 Å². The number of hydrogen-bond acceptors (Lipinski definition) is 10. The number of allylic oxidation sites excluding steroid dienone is 2. The molecule has 406 valence electrons. The topological polar surface area (TPSA) is 124 Å². The van der Waals surface area contributed by atoms with Crippen LogP contribution in [-0.2, 0) is 0 Å². The van der Waals surface area contributed by atoms with Crippen LogP contribution in [0.3, 0.4) is 0 Å². The van der Waals surface area contributed by atoms with Gasteiger partial charge in [0.15, 0.2) is 16.9 Å². The maximum absolute atomic E-state index is 6.39. The number of H-pyrrole nitrogens is 1. The maximum Gasteiger partial charge on any atom is 0.236 e. The Morgan fingerprint density at radius 2 is 0.966 bits per heavy atom. The van der Waals surface area contributed by atoms with Gasteiger partial charge in [-0.25, -0.2) is 19.9 Å². The second-order valence-electron chi connectivity index (χ2n) is 21.4. The van der Waals surface area contributed by atoms with Crippen molar-refractivity contribution in [3.63, 3.8) is 0 Å². The van der Waals surface area contributed by atoms with Crippen LogP contribution in [0.15, 0.2) is 234 Å². The van der Waals surface area contributed by atoms with Crippen molar-refractivity contribution in [1.29, 1.82) is 0 Å². The predicted octanol–water partition coefficient (Wildman–Crippen LogP) is 20.7. The molecule has 0 unspecified atom stereocenters. The van der Waals surface area contributed by atoms with Crippen molar-refractivity contribution in [1.82, 2.24) is 39.5 Å². The molecule has 1 aliphatic rings. The van der Waals surface area contributed by atoms with Gasteiger partial charge in [-0.15, -0.1) is 22.7 Å². The van der Waals surface area contributed by atoms with E-state index in [1.54, 1.807) is 18.6 Å². The SMILES string of the molecule is Clc1nc(-c2cccnc2)c2oc3ccccc3c2n1.[C+]1=Cc2[nH]c3c4sc5ccccc5c4c4ccccc4c3c2C=C1.c1cncc(-c2nc(-n3c4ccccc4c4c5ccccc5c5c6ccccc6sc5c43)nc3c2oc2ccccc23)c1. The van der Waals surface area contributed by atoms with Gasteiger partial charge in [0.1, 0.15) is 51.3 Å². The third kappa shape index (κ3) is 7.63. The number of furan rings is 2. The molecule has 0 atom stereocenters. The highest BCUT2D eigenvalue weighted by Gasteiger charge is 2.27. The van der Waals surface area contributed by atoms with Gasteiger partial charge in [0, 0.05) is 99.9 Å². The van der Waals surface area contributed by atoms with Crippen LogP contribution < -0.4 is 0 Å². The summed E-state index contributed by atoms with van der Waals surface area (Å²) in [7, 11) is 0. The lowest BCUT2D eigenvalue weighted by Gasteiger charge is -2.10. The molecule has 10 aromatic heterocycles. The van der Waals surface area contributed by atoms with Crippen molar-refractivity contribution in [3.8, 4) is 28.5 Å². The minimum Gasteiger partial charge on any atom is -0.452 e. The Balaban J connectivity index is 0.000000109. The van der Waals surface area contributed by atoms with Crippen LogP contribution >= 0.6 is 34.3 Å². The summed E-state index contributed by atoms with van der Waals surface area (Å²) in [6.07, 6.45) is 16.5. The lowest BCUT2D eigenvalue weighted by molar-refractivity contribution is 0.666. The molecular weight excluding hydrogens is 1130 g/mol. The Morgan fingerprint density at radius 1 is 0.460 bits per heavy atom. The van der Waals surface area contributed by atoms with Crippen molar-refractivity contribution in [2.24, 2.45) is 0 Å². The number of halogens is 1. The Hall–Kier alpha value is -11.0. The maximum atomic E-state index is 6.39. The van der Waals surface area contributed by atoms with E-state index < -0.39 is 0 Å². The zero-order valence-electron chi connectivity index (χ0n) is 45.7. The van der Waals surface area contributed by atoms with Gasteiger partial charge in [-0.3, -0.25) is 19.5 Å². The molecule has 10 nitrogen and oxygen atoms in total. The number of nitrogens with one attached hydrogen (secondary N) is 1. The van der Waals surface area contributed by atoms with Gasteiger partial charge in [-0.05, 0) is 99.9 Å². The second-order valence-corrected chi connectivity index (χ2v) is 23.8. The molecule has 0 saturated carbocycles. The summed E-state index contributed by atoms with van der Waals surface area (Å²) in [4.78, 5) is 31.3. The normalized spacial score (nSPS) is 12.2. The average Bonchev–Trinajstić information content (AvgIpc) is 1.60. The quantitative estimate of drug-likeness (QED) is 0.137. The molecule has 0 radical (unpaired) electrons. The Kier molecular flexibility index (Phi) is 11.1. The Bertz CT molecular complexity index is 6110. The molecule has 9 aromatic carbocycles. The second kappa shape index (κ2) is 19.5. The first kappa shape index (κ1) is 49.4. The number of benzene rings is 9. The fourth-order valence-corrected chi connectivity index (χ4v) is 15.6. The number of nitrogens with zero attached hydrogens (tertiary/aromatic N) is 7. The van der Waals surface area contributed by atoms with Gasteiger partial charge < -0.3 is 8.83 Å². The number of fused-ring (bicyclic) bond motifs is 26. The summed E-state index contributed by atoms with van der Waals surface area (Å²) in [5.41, 5.74) is 13.3. The van der Waals surface area contributed by atoms with E-state index in [-0.39, 0.29) is 5.28 Å². The third-order valence-electron chi connectivity index (χ3n) is 16.6. The summed E-state index contributed by atoms with van der Waals surface area (Å²) < 4.78 is 19.7. The smallest absolute Gasteiger partial charge is 0.236 e.